The number of anilines is 2. The molecule has 0 amide bonds. The molecule has 2 aromatic carbocycles. The Hall–Kier alpha value is -2.55. The summed E-state index contributed by atoms with van der Waals surface area (Å²) in [6, 6.07) is 13.7. The van der Waals surface area contributed by atoms with Gasteiger partial charge in [-0.05, 0) is 42.8 Å². The molecule has 1 aromatic heterocycles. The predicted octanol–water partition coefficient (Wildman–Crippen LogP) is 4.49. The van der Waals surface area contributed by atoms with Gasteiger partial charge in [0.15, 0.2) is 0 Å². The molecule has 0 saturated carbocycles. The van der Waals surface area contributed by atoms with E-state index in [1.807, 2.05) is 6.92 Å². The highest BCUT2D eigenvalue weighted by molar-refractivity contribution is 7.81. The smallest absolute Gasteiger partial charge is 0.348 e. The van der Waals surface area contributed by atoms with Crippen molar-refractivity contribution < 1.29 is 23.1 Å². The highest BCUT2D eigenvalue weighted by Crippen LogP contribution is 2.40. The van der Waals surface area contributed by atoms with Gasteiger partial charge in [0.05, 0.1) is 22.6 Å². The van der Waals surface area contributed by atoms with Crippen LogP contribution in [0.2, 0.25) is 0 Å². The molecule has 5 nitrogen and oxygen atoms in total. The van der Waals surface area contributed by atoms with Crippen molar-refractivity contribution in [3.8, 4) is 10.4 Å². The monoisotopic (exact) mass is 390 g/mol. The van der Waals surface area contributed by atoms with E-state index >= 15 is 0 Å². The molecular weight excluding hydrogens is 377 g/mol. The number of thiophene rings is 1. The molecule has 26 heavy (non-hydrogen) atoms. The first-order valence-electron chi connectivity index (χ1n) is 7.46. The summed E-state index contributed by atoms with van der Waals surface area (Å²) in [4.78, 5) is 12.1. The number of carbonyl (C=O) groups is 1. The van der Waals surface area contributed by atoms with Gasteiger partial charge in [-0.2, -0.15) is 0 Å². The van der Waals surface area contributed by atoms with Gasteiger partial charge in [0, 0.05) is 4.88 Å². The van der Waals surface area contributed by atoms with E-state index in [0.29, 0.717) is 16.1 Å². The second-order valence-corrected chi connectivity index (χ2v) is 7.34. The van der Waals surface area contributed by atoms with Gasteiger partial charge in [-0.25, -0.2) is 9.18 Å². The van der Waals surface area contributed by atoms with E-state index in [4.69, 9.17) is 0 Å². The van der Waals surface area contributed by atoms with Crippen LogP contribution in [-0.4, -0.2) is 19.8 Å². The summed E-state index contributed by atoms with van der Waals surface area (Å²) in [6.07, 6.45) is 0. The average Bonchev–Trinajstić information content (AvgIpc) is 3.02. The fourth-order valence-corrected chi connectivity index (χ4v) is 4.07. The van der Waals surface area contributed by atoms with E-state index in [2.05, 4.69) is 0 Å². The van der Waals surface area contributed by atoms with Crippen molar-refractivity contribution in [3.05, 3.63) is 70.9 Å². The summed E-state index contributed by atoms with van der Waals surface area (Å²) < 4.78 is 37.7. The Bertz CT molecular complexity index is 968. The van der Waals surface area contributed by atoms with Crippen molar-refractivity contribution >= 4 is 39.9 Å². The molecule has 3 rings (SSSR count). The largest absolute Gasteiger partial charge is 0.755 e. The van der Waals surface area contributed by atoms with Crippen LogP contribution < -0.4 is 4.31 Å². The predicted molar refractivity (Wildman–Crippen MR) is 98.9 cm³/mol. The Morgan fingerprint density at radius 1 is 1.15 bits per heavy atom. The Morgan fingerprint density at radius 3 is 2.31 bits per heavy atom. The molecule has 0 bridgehead atoms. The van der Waals surface area contributed by atoms with E-state index in [-0.39, 0.29) is 10.6 Å². The number of hydrogen-bond donors (Lipinski definition) is 1. The van der Waals surface area contributed by atoms with Gasteiger partial charge in [-0.3, -0.25) is 8.51 Å². The van der Waals surface area contributed by atoms with E-state index in [1.165, 1.54) is 30.3 Å². The standard InChI is InChI=1S/C18H14FNO4S2/c1-11-2-8-14(9-3-11)20(26(23)24)15-10-16(25-17(15)18(21)22)12-4-6-13(19)7-5-12/h2-10H,1H3,(H,21,22)(H,23,24)/p-1. The normalized spacial score (nSPS) is 12.0. The summed E-state index contributed by atoms with van der Waals surface area (Å²) in [5.41, 5.74) is 1.92. The fourth-order valence-electron chi connectivity index (χ4n) is 2.43. The van der Waals surface area contributed by atoms with Crippen LogP contribution in [0.1, 0.15) is 15.2 Å². The number of nitrogens with zero attached hydrogens (tertiary/aromatic N) is 1. The summed E-state index contributed by atoms with van der Waals surface area (Å²) in [5.74, 6) is -1.65. The number of rotatable bonds is 5. The molecule has 0 aliphatic carbocycles. The van der Waals surface area contributed by atoms with Gasteiger partial charge in [-0.15, -0.1) is 11.3 Å². The molecule has 1 N–H and O–H groups in total. The zero-order valence-electron chi connectivity index (χ0n) is 13.5. The van der Waals surface area contributed by atoms with Gasteiger partial charge in [0.25, 0.3) is 0 Å². The third-order valence-electron chi connectivity index (χ3n) is 3.67. The minimum Gasteiger partial charge on any atom is -0.755 e. The highest BCUT2D eigenvalue weighted by Gasteiger charge is 2.23. The summed E-state index contributed by atoms with van der Waals surface area (Å²) >= 11 is -1.79. The van der Waals surface area contributed by atoms with Crippen molar-refractivity contribution in [1.29, 1.82) is 0 Å². The van der Waals surface area contributed by atoms with Crippen LogP contribution in [-0.2, 0) is 11.3 Å². The molecule has 8 heteroatoms. The lowest BCUT2D eigenvalue weighted by molar-refractivity contribution is 0.0703. The minimum absolute atomic E-state index is 0.0408. The van der Waals surface area contributed by atoms with Crippen molar-refractivity contribution in [2.45, 2.75) is 6.92 Å². The number of aromatic carboxylic acids is 1. The number of benzene rings is 2. The summed E-state index contributed by atoms with van der Waals surface area (Å²) in [6.45, 7) is 1.86. The molecule has 0 aliphatic heterocycles. The molecular formula is C18H13FNO4S2-. The van der Waals surface area contributed by atoms with Gasteiger partial charge < -0.3 is 9.66 Å². The van der Waals surface area contributed by atoms with Crippen LogP contribution in [0.5, 0.6) is 0 Å². The maximum Gasteiger partial charge on any atom is 0.348 e. The molecule has 0 radical (unpaired) electrons. The molecule has 0 fully saturated rings. The van der Waals surface area contributed by atoms with Crippen LogP contribution in [0.4, 0.5) is 15.8 Å². The molecule has 0 aliphatic rings. The summed E-state index contributed by atoms with van der Waals surface area (Å²) in [5, 5.41) is 9.51. The second kappa shape index (κ2) is 7.36. The van der Waals surface area contributed by atoms with Crippen molar-refractivity contribution in [2.24, 2.45) is 0 Å². The molecule has 134 valence electrons. The maximum absolute atomic E-state index is 13.1. The molecule has 0 saturated heterocycles. The van der Waals surface area contributed by atoms with Crippen molar-refractivity contribution in [3.63, 3.8) is 0 Å². The van der Waals surface area contributed by atoms with Crippen LogP contribution >= 0.6 is 11.3 Å². The third-order valence-corrected chi connectivity index (χ3v) is 5.54. The Balaban J connectivity index is 2.14. The average molecular weight is 390 g/mol. The number of carboxylic acids is 1. The first kappa shape index (κ1) is 18.2. The highest BCUT2D eigenvalue weighted by atomic mass is 32.2. The first-order chi connectivity index (χ1) is 12.4. The minimum atomic E-state index is -2.72. The number of carboxylic acid groups (broad SMARTS) is 1. The molecule has 1 atom stereocenters. The van der Waals surface area contributed by atoms with E-state index in [1.54, 1.807) is 24.3 Å². The van der Waals surface area contributed by atoms with Gasteiger partial charge >= 0.3 is 5.97 Å². The van der Waals surface area contributed by atoms with Crippen LogP contribution in [0.25, 0.3) is 10.4 Å². The molecule has 1 unspecified atom stereocenters. The molecule has 0 spiro atoms. The number of aryl methyl sites for hydroxylation is 1. The van der Waals surface area contributed by atoms with Gasteiger partial charge in [0.2, 0.25) is 0 Å². The Morgan fingerprint density at radius 2 is 1.77 bits per heavy atom. The van der Waals surface area contributed by atoms with Gasteiger partial charge in [-0.1, -0.05) is 29.8 Å². The Labute approximate surface area is 155 Å². The SMILES string of the molecule is Cc1ccc(N(c2cc(-c3ccc(F)cc3)sc2C(=O)O)S(=O)[O-])cc1. The van der Waals surface area contributed by atoms with Crippen molar-refractivity contribution in [2.75, 3.05) is 4.31 Å². The van der Waals surface area contributed by atoms with E-state index < -0.39 is 23.1 Å². The lowest BCUT2D eigenvalue weighted by Gasteiger charge is -2.26. The van der Waals surface area contributed by atoms with E-state index in [9.17, 15) is 23.1 Å². The molecule has 3 aromatic rings. The van der Waals surface area contributed by atoms with Crippen LogP contribution in [0.15, 0.2) is 54.6 Å². The van der Waals surface area contributed by atoms with Crippen molar-refractivity contribution in [1.82, 2.24) is 0 Å². The second-order valence-electron chi connectivity index (χ2n) is 5.48. The lowest BCUT2D eigenvalue weighted by Crippen LogP contribution is -2.20. The fraction of sp³-hybridized carbons (Fsp3) is 0.0556. The number of halogens is 1. The van der Waals surface area contributed by atoms with Crippen LogP contribution in [0.3, 0.4) is 0 Å². The quantitative estimate of drug-likeness (QED) is 0.651. The number of hydrogen-bond acceptors (Lipinski definition) is 4. The van der Waals surface area contributed by atoms with Gasteiger partial charge in [0.1, 0.15) is 10.7 Å². The van der Waals surface area contributed by atoms with Crippen LogP contribution in [0, 0.1) is 12.7 Å². The summed E-state index contributed by atoms with van der Waals surface area (Å²) in [7, 11) is 0. The lowest BCUT2D eigenvalue weighted by atomic mass is 10.1. The Kier molecular flexibility index (Phi) is 5.17. The third kappa shape index (κ3) is 3.67. The molecule has 1 heterocycles. The topological polar surface area (TPSA) is 80.7 Å². The zero-order valence-corrected chi connectivity index (χ0v) is 15.1. The maximum atomic E-state index is 13.1. The zero-order chi connectivity index (χ0) is 18.8. The van der Waals surface area contributed by atoms with E-state index in [0.717, 1.165) is 21.2 Å². The first-order valence-corrected chi connectivity index (χ1v) is 9.31.